The molecule has 13 heavy (non-hydrogen) atoms. The Morgan fingerprint density at radius 2 is 1.69 bits per heavy atom. The lowest BCUT2D eigenvalue weighted by molar-refractivity contribution is -1.07. The zero-order valence-corrected chi connectivity index (χ0v) is 9.97. The van der Waals surface area contributed by atoms with E-state index in [9.17, 15) is 0 Å². The van der Waals surface area contributed by atoms with E-state index in [1.807, 2.05) is 0 Å². The van der Waals surface area contributed by atoms with E-state index in [0.717, 1.165) is 0 Å². The Kier molecular flexibility index (Phi) is 6.35. The molecule has 0 rings (SSSR count). The minimum atomic E-state index is 0.386. The molecular weight excluding hydrogens is 162 g/mol. The molecule has 80 valence electrons. The summed E-state index contributed by atoms with van der Waals surface area (Å²) in [5, 5.41) is 0. The Balaban J connectivity index is 3.35. The molecule has 2 heteroatoms. The van der Waals surface area contributed by atoms with Crippen LogP contribution in [0.25, 0.3) is 0 Å². The second kappa shape index (κ2) is 6.39. The van der Waals surface area contributed by atoms with Crippen LogP contribution < -0.4 is 0 Å². The quantitative estimate of drug-likeness (QED) is 0.339. The van der Waals surface area contributed by atoms with Gasteiger partial charge in [-0.15, -0.1) is 0 Å². The van der Waals surface area contributed by atoms with Gasteiger partial charge >= 0.3 is 0 Å². The fourth-order valence-corrected chi connectivity index (χ4v) is 1.45. The summed E-state index contributed by atoms with van der Waals surface area (Å²) in [6.45, 7) is 4.40. The molecule has 0 radical (unpaired) electrons. The lowest BCUT2D eigenvalue weighted by atomic mass is 10.1. The van der Waals surface area contributed by atoms with Crippen LogP contribution in [-0.4, -0.2) is 31.9 Å². The minimum Gasteiger partial charge on any atom is -0.201 e. The lowest BCUT2D eigenvalue weighted by Crippen LogP contribution is -2.37. The topological polar surface area (TPSA) is 9.23 Å². The summed E-state index contributed by atoms with van der Waals surface area (Å²) >= 11 is 0. The van der Waals surface area contributed by atoms with Crippen molar-refractivity contribution in [1.29, 1.82) is 0 Å². The van der Waals surface area contributed by atoms with Crippen molar-refractivity contribution in [1.82, 2.24) is 0 Å². The predicted molar refractivity (Wildman–Crippen MR) is 57.3 cm³/mol. The van der Waals surface area contributed by atoms with Gasteiger partial charge in [0.15, 0.2) is 0 Å². The van der Waals surface area contributed by atoms with Gasteiger partial charge in [0.1, 0.15) is 6.10 Å². The zero-order valence-electron chi connectivity index (χ0n) is 9.97. The normalized spacial score (nSPS) is 14.5. The molecular formula is C11H26NO+. The van der Waals surface area contributed by atoms with E-state index in [1.54, 1.807) is 0 Å². The first kappa shape index (κ1) is 12.9. The van der Waals surface area contributed by atoms with Crippen LogP contribution in [0, 0.1) is 0 Å². The summed E-state index contributed by atoms with van der Waals surface area (Å²) in [6, 6.07) is 0. The number of hydrogen-bond donors (Lipinski definition) is 0. The molecule has 0 saturated carbocycles. The highest BCUT2D eigenvalue weighted by Crippen LogP contribution is 2.10. The largest absolute Gasteiger partial charge is 0.201 e. The molecule has 0 aromatic carbocycles. The first-order chi connectivity index (χ1) is 5.95. The highest BCUT2D eigenvalue weighted by atomic mass is 16.7. The van der Waals surface area contributed by atoms with Crippen LogP contribution in [0.4, 0.5) is 0 Å². The number of hydroxylamine groups is 3. The van der Waals surface area contributed by atoms with Gasteiger partial charge in [-0.1, -0.05) is 32.6 Å². The first-order valence-electron chi connectivity index (χ1n) is 5.45. The molecule has 0 aromatic heterocycles. The fraction of sp³-hybridized carbons (Fsp3) is 1.00. The van der Waals surface area contributed by atoms with Gasteiger partial charge in [0.05, 0.1) is 21.1 Å². The molecule has 0 N–H and O–H groups in total. The number of hydrogen-bond acceptors (Lipinski definition) is 1. The average Bonchev–Trinajstić information content (AvgIpc) is 1.94. The van der Waals surface area contributed by atoms with E-state index in [2.05, 4.69) is 35.0 Å². The molecule has 0 aliphatic carbocycles. The standard InChI is InChI=1S/C11H26NO/c1-6-7-8-9-10-11(2)13-12(3,4)5/h11H,6-10H2,1-5H3/q+1. The van der Waals surface area contributed by atoms with Crippen LogP contribution in [0.15, 0.2) is 0 Å². The molecule has 2 nitrogen and oxygen atoms in total. The zero-order chi connectivity index (χ0) is 10.3. The smallest absolute Gasteiger partial charge is 0.114 e. The van der Waals surface area contributed by atoms with Crippen molar-refractivity contribution in [3.63, 3.8) is 0 Å². The molecule has 0 spiro atoms. The van der Waals surface area contributed by atoms with Crippen LogP contribution in [0.2, 0.25) is 0 Å². The summed E-state index contributed by atoms with van der Waals surface area (Å²) in [7, 11) is 6.17. The second-order valence-corrected chi connectivity index (χ2v) is 4.65. The van der Waals surface area contributed by atoms with Crippen molar-refractivity contribution >= 4 is 0 Å². The van der Waals surface area contributed by atoms with Gasteiger partial charge in [-0.25, -0.2) is 4.84 Å². The summed E-state index contributed by atoms with van der Waals surface area (Å²) in [4.78, 5) is 5.76. The number of quaternary nitrogens is 1. The van der Waals surface area contributed by atoms with Crippen molar-refractivity contribution in [2.45, 2.75) is 52.1 Å². The van der Waals surface area contributed by atoms with Crippen LogP contribution in [0.5, 0.6) is 0 Å². The highest BCUT2D eigenvalue weighted by molar-refractivity contribution is 4.48. The average molecular weight is 188 g/mol. The molecule has 0 saturated heterocycles. The molecule has 0 amide bonds. The lowest BCUT2D eigenvalue weighted by Gasteiger charge is -2.25. The SMILES string of the molecule is CCCCCCC(C)O[N+](C)(C)C. The third-order valence-corrected chi connectivity index (χ3v) is 1.96. The van der Waals surface area contributed by atoms with Gasteiger partial charge in [0, 0.05) is 0 Å². The highest BCUT2D eigenvalue weighted by Gasteiger charge is 2.13. The summed E-state index contributed by atoms with van der Waals surface area (Å²) < 4.78 is 0.606. The van der Waals surface area contributed by atoms with Crippen molar-refractivity contribution in [2.24, 2.45) is 0 Å². The molecule has 0 aromatic rings. The Morgan fingerprint density at radius 1 is 1.08 bits per heavy atom. The van der Waals surface area contributed by atoms with E-state index in [4.69, 9.17) is 4.84 Å². The molecule has 0 aliphatic heterocycles. The van der Waals surface area contributed by atoms with E-state index in [1.165, 1.54) is 32.1 Å². The van der Waals surface area contributed by atoms with Gasteiger partial charge in [-0.05, 0) is 13.3 Å². The monoisotopic (exact) mass is 188 g/mol. The van der Waals surface area contributed by atoms with Crippen molar-refractivity contribution in [3.05, 3.63) is 0 Å². The van der Waals surface area contributed by atoms with Crippen molar-refractivity contribution in [3.8, 4) is 0 Å². The first-order valence-corrected chi connectivity index (χ1v) is 5.45. The summed E-state index contributed by atoms with van der Waals surface area (Å²) in [6.07, 6.45) is 6.89. The summed E-state index contributed by atoms with van der Waals surface area (Å²) in [5.41, 5.74) is 0. The molecule has 0 bridgehead atoms. The number of rotatable bonds is 7. The van der Waals surface area contributed by atoms with Gasteiger partial charge in [0.2, 0.25) is 0 Å². The predicted octanol–water partition coefficient (Wildman–Crippen LogP) is 2.98. The third-order valence-electron chi connectivity index (χ3n) is 1.96. The van der Waals surface area contributed by atoms with E-state index < -0.39 is 0 Å². The Labute approximate surface area is 83.4 Å². The van der Waals surface area contributed by atoms with E-state index in [-0.39, 0.29) is 0 Å². The van der Waals surface area contributed by atoms with Crippen LogP contribution >= 0.6 is 0 Å². The maximum atomic E-state index is 5.76. The minimum absolute atomic E-state index is 0.386. The summed E-state index contributed by atoms with van der Waals surface area (Å²) in [5.74, 6) is 0. The van der Waals surface area contributed by atoms with Crippen molar-refractivity contribution in [2.75, 3.05) is 21.1 Å². The molecule has 1 unspecified atom stereocenters. The van der Waals surface area contributed by atoms with E-state index in [0.29, 0.717) is 10.8 Å². The Morgan fingerprint density at radius 3 is 2.15 bits per heavy atom. The third kappa shape index (κ3) is 9.84. The van der Waals surface area contributed by atoms with Gasteiger partial charge in [-0.2, -0.15) is 4.65 Å². The number of unbranched alkanes of at least 4 members (excludes halogenated alkanes) is 3. The van der Waals surface area contributed by atoms with Crippen LogP contribution in [0.1, 0.15) is 46.0 Å². The maximum absolute atomic E-state index is 5.76. The fourth-order valence-electron chi connectivity index (χ4n) is 1.45. The van der Waals surface area contributed by atoms with Crippen LogP contribution in [0.3, 0.4) is 0 Å². The van der Waals surface area contributed by atoms with E-state index >= 15 is 0 Å². The van der Waals surface area contributed by atoms with Crippen molar-refractivity contribution < 1.29 is 9.48 Å². The molecule has 1 atom stereocenters. The molecule has 0 aliphatic rings. The Bertz CT molecular complexity index is 118. The van der Waals surface area contributed by atoms with Crippen LogP contribution in [-0.2, 0) is 4.84 Å². The van der Waals surface area contributed by atoms with Gasteiger partial charge < -0.3 is 0 Å². The maximum Gasteiger partial charge on any atom is 0.114 e. The number of nitrogens with zero attached hydrogens (tertiary/aromatic N) is 1. The molecule has 0 heterocycles. The second-order valence-electron chi connectivity index (χ2n) is 4.65. The van der Waals surface area contributed by atoms with Gasteiger partial charge in [-0.3, -0.25) is 0 Å². The van der Waals surface area contributed by atoms with Gasteiger partial charge in [0.25, 0.3) is 0 Å². The molecule has 0 fully saturated rings. The Hall–Kier alpha value is -0.0800.